The summed E-state index contributed by atoms with van der Waals surface area (Å²) in [4.78, 5) is 11.8. The van der Waals surface area contributed by atoms with Crippen LogP contribution in [0.5, 0.6) is 11.5 Å². The van der Waals surface area contributed by atoms with E-state index in [4.69, 9.17) is 9.84 Å². The maximum Gasteiger partial charge on any atom is 0.254 e. The average molecular weight is 289 g/mol. The van der Waals surface area contributed by atoms with Crippen LogP contribution in [0.15, 0.2) is 42.5 Å². The van der Waals surface area contributed by atoms with Crippen molar-refractivity contribution in [1.29, 1.82) is 0 Å². The molecule has 2 aromatic carbocycles. The third-order valence-corrected chi connectivity index (χ3v) is 3.03. The number of halogens is 1. The number of rotatable bonds is 5. The molecule has 2 aromatic rings. The Morgan fingerprint density at radius 3 is 2.81 bits per heavy atom. The number of hydrogen-bond acceptors (Lipinski definition) is 3. The van der Waals surface area contributed by atoms with Crippen LogP contribution in [0.2, 0.25) is 0 Å². The normalized spacial score (nSPS) is 10.2. The zero-order chi connectivity index (χ0) is 15.2. The molecule has 1 amide bonds. The van der Waals surface area contributed by atoms with Crippen LogP contribution in [0, 0.1) is 5.82 Å². The van der Waals surface area contributed by atoms with Gasteiger partial charge in [-0.25, -0.2) is 4.39 Å². The fourth-order valence-electron chi connectivity index (χ4n) is 1.93. The van der Waals surface area contributed by atoms with Crippen LogP contribution in [-0.4, -0.2) is 24.7 Å². The second-order valence-electron chi connectivity index (χ2n) is 4.52. The zero-order valence-electron chi connectivity index (χ0n) is 11.6. The van der Waals surface area contributed by atoms with Crippen LogP contribution in [0.1, 0.15) is 15.9 Å². The van der Waals surface area contributed by atoms with E-state index in [2.05, 4.69) is 5.32 Å². The van der Waals surface area contributed by atoms with Gasteiger partial charge in [0.15, 0.2) is 0 Å². The fourth-order valence-corrected chi connectivity index (χ4v) is 1.93. The van der Waals surface area contributed by atoms with Gasteiger partial charge in [-0.1, -0.05) is 12.1 Å². The van der Waals surface area contributed by atoms with E-state index in [0.29, 0.717) is 13.0 Å². The molecular formula is C16H16FNO3. The molecule has 0 saturated heterocycles. The van der Waals surface area contributed by atoms with Crippen molar-refractivity contribution >= 4 is 5.91 Å². The minimum absolute atomic E-state index is 0.0848. The first-order valence-electron chi connectivity index (χ1n) is 6.50. The molecule has 0 atom stereocenters. The van der Waals surface area contributed by atoms with Gasteiger partial charge in [0.05, 0.1) is 12.7 Å². The van der Waals surface area contributed by atoms with Crippen molar-refractivity contribution in [2.75, 3.05) is 13.7 Å². The summed E-state index contributed by atoms with van der Waals surface area (Å²) in [6.45, 7) is 0.381. The minimum Gasteiger partial charge on any atom is -0.508 e. The van der Waals surface area contributed by atoms with Crippen LogP contribution >= 0.6 is 0 Å². The molecule has 0 aliphatic heterocycles. The van der Waals surface area contributed by atoms with E-state index in [9.17, 15) is 9.18 Å². The van der Waals surface area contributed by atoms with Gasteiger partial charge in [0.25, 0.3) is 5.91 Å². The Morgan fingerprint density at radius 1 is 1.29 bits per heavy atom. The van der Waals surface area contributed by atoms with Gasteiger partial charge in [-0.2, -0.15) is 0 Å². The highest BCUT2D eigenvalue weighted by Gasteiger charge is 2.11. The molecule has 2 N–H and O–H groups in total. The van der Waals surface area contributed by atoms with Gasteiger partial charge in [-0.05, 0) is 36.2 Å². The number of carbonyl (C=O) groups is 1. The molecule has 4 nitrogen and oxygen atoms in total. The lowest BCUT2D eigenvalue weighted by molar-refractivity contribution is 0.0950. The van der Waals surface area contributed by atoms with Crippen molar-refractivity contribution < 1.29 is 19.0 Å². The SMILES string of the molecule is COc1cccc(CCNC(=O)c2ccc(O)cc2F)c1. The lowest BCUT2D eigenvalue weighted by Crippen LogP contribution is -2.26. The molecule has 0 radical (unpaired) electrons. The van der Waals surface area contributed by atoms with Crippen LogP contribution < -0.4 is 10.1 Å². The Morgan fingerprint density at radius 2 is 2.10 bits per heavy atom. The Bertz CT molecular complexity index is 643. The molecule has 0 aliphatic rings. The van der Waals surface area contributed by atoms with E-state index in [1.807, 2.05) is 24.3 Å². The maximum absolute atomic E-state index is 13.5. The Kier molecular flexibility index (Phi) is 4.77. The van der Waals surface area contributed by atoms with Gasteiger partial charge in [0.1, 0.15) is 17.3 Å². The second-order valence-corrected chi connectivity index (χ2v) is 4.52. The van der Waals surface area contributed by atoms with Crippen molar-refractivity contribution in [3.63, 3.8) is 0 Å². The summed E-state index contributed by atoms with van der Waals surface area (Å²) >= 11 is 0. The molecule has 0 saturated carbocycles. The topological polar surface area (TPSA) is 58.6 Å². The molecule has 110 valence electrons. The monoisotopic (exact) mass is 289 g/mol. The number of amides is 1. The highest BCUT2D eigenvalue weighted by atomic mass is 19.1. The first-order valence-corrected chi connectivity index (χ1v) is 6.50. The first-order chi connectivity index (χ1) is 10.1. The molecule has 21 heavy (non-hydrogen) atoms. The fraction of sp³-hybridized carbons (Fsp3) is 0.188. The summed E-state index contributed by atoms with van der Waals surface area (Å²) in [6, 6.07) is 11.0. The minimum atomic E-state index is -0.742. The lowest BCUT2D eigenvalue weighted by Gasteiger charge is -2.07. The molecule has 0 bridgehead atoms. The number of phenolic OH excluding ortho intramolecular Hbond substituents is 1. The van der Waals surface area contributed by atoms with Gasteiger partial charge >= 0.3 is 0 Å². The van der Waals surface area contributed by atoms with Crippen molar-refractivity contribution in [2.45, 2.75) is 6.42 Å². The van der Waals surface area contributed by atoms with E-state index in [1.54, 1.807) is 7.11 Å². The van der Waals surface area contributed by atoms with Crippen molar-refractivity contribution in [2.24, 2.45) is 0 Å². The second kappa shape index (κ2) is 6.74. The van der Waals surface area contributed by atoms with Gasteiger partial charge < -0.3 is 15.2 Å². The van der Waals surface area contributed by atoms with E-state index >= 15 is 0 Å². The Hall–Kier alpha value is -2.56. The quantitative estimate of drug-likeness (QED) is 0.889. The molecule has 5 heteroatoms. The summed E-state index contributed by atoms with van der Waals surface area (Å²) in [6.07, 6.45) is 0.614. The smallest absolute Gasteiger partial charge is 0.254 e. The standard InChI is InChI=1S/C16H16FNO3/c1-21-13-4-2-3-11(9-13)7-8-18-16(20)14-6-5-12(19)10-15(14)17/h2-6,9-10,19H,7-8H2,1H3,(H,18,20). The molecular weight excluding hydrogens is 273 g/mol. The summed E-state index contributed by atoms with van der Waals surface area (Å²) in [5.74, 6) is -0.701. The van der Waals surface area contributed by atoms with Crippen LogP contribution in [-0.2, 0) is 6.42 Å². The summed E-state index contributed by atoms with van der Waals surface area (Å²) in [5, 5.41) is 11.8. The molecule has 0 spiro atoms. The summed E-state index contributed by atoms with van der Waals surface area (Å²) in [5.41, 5.74) is 0.930. The molecule has 0 aliphatic carbocycles. The van der Waals surface area contributed by atoms with Crippen LogP contribution in [0.25, 0.3) is 0 Å². The third-order valence-electron chi connectivity index (χ3n) is 3.03. The molecule has 0 unspecified atom stereocenters. The number of hydrogen-bond donors (Lipinski definition) is 2. The number of benzene rings is 2. The van der Waals surface area contributed by atoms with Gasteiger partial charge in [0.2, 0.25) is 0 Å². The number of methoxy groups -OCH3 is 1. The lowest BCUT2D eigenvalue weighted by atomic mass is 10.1. The number of ether oxygens (including phenoxy) is 1. The first kappa shape index (κ1) is 14.8. The van der Waals surface area contributed by atoms with Crippen molar-refractivity contribution in [3.8, 4) is 11.5 Å². The number of carbonyl (C=O) groups excluding carboxylic acids is 1. The third kappa shape index (κ3) is 3.95. The van der Waals surface area contributed by atoms with Crippen LogP contribution in [0.4, 0.5) is 4.39 Å². The van der Waals surface area contributed by atoms with E-state index in [-0.39, 0.29) is 11.3 Å². The molecule has 2 rings (SSSR count). The summed E-state index contributed by atoms with van der Waals surface area (Å²) in [7, 11) is 1.59. The molecule has 0 fully saturated rings. The van der Waals surface area contributed by atoms with E-state index in [1.165, 1.54) is 12.1 Å². The number of nitrogens with one attached hydrogen (secondary N) is 1. The number of aromatic hydroxyl groups is 1. The largest absolute Gasteiger partial charge is 0.508 e. The zero-order valence-corrected chi connectivity index (χ0v) is 11.6. The van der Waals surface area contributed by atoms with Crippen molar-refractivity contribution in [3.05, 3.63) is 59.4 Å². The number of phenols is 1. The van der Waals surface area contributed by atoms with E-state index in [0.717, 1.165) is 17.4 Å². The van der Waals surface area contributed by atoms with E-state index < -0.39 is 11.7 Å². The predicted octanol–water partition coefficient (Wildman–Crippen LogP) is 2.51. The Balaban J connectivity index is 1.92. The molecule has 0 heterocycles. The van der Waals surface area contributed by atoms with Gasteiger partial charge in [-0.15, -0.1) is 0 Å². The predicted molar refractivity (Wildman–Crippen MR) is 77.1 cm³/mol. The van der Waals surface area contributed by atoms with Gasteiger partial charge in [-0.3, -0.25) is 4.79 Å². The van der Waals surface area contributed by atoms with Crippen LogP contribution in [0.3, 0.4) is 0 Å². The maximum atomic E-state index is 13.5. The summed E-state index contributed by atoms with van der Waals surface area (Å²) < 4.78 is 18.6. The Labute approximate surface area is 122 Å². The van der Waals surface area contributed by atoms with Gasteiger partial charge in [0, 0.05) is 12.6 Å². The average Bonchev–Trinajstić information content (AvgIpc) is 2.47. The van der Waals surface area contributed by atoms with Crippen molar-refractivity contribution in [1.82, 2.24) is 5.32 Å². The highest BCUT2D eigenvalue weighted by Crippen LogP contribution is 2.15. The molecule has 0 aromatic heterocycles. The highest BCUT2D eigenvalue weighted by molar-refractivity contribution is 5.94.